The van der Waals surface area contributed by atoms with Gasteiger partial charge in [0.2, 0.25) is 0 Å². The Morgan fingerprint density at radius 3 is 2.44 bits per heavy atom. The van der Waals surface area contributed by atoms with E-state index in [1.54, 1.807) is 0 Å². The maximum atomic E-state index is 5.23. The van der Waals surface area contributed by atoms with E-state index in [2.05, 4.69) is 0 Å². The van der Waals surface area contributed by atoms with Crippen LogP contribution in [0, 0.1) is 0 Å². The molecule has 0 aliphatic rings. The van der Waals surface area contributed by atoms with Gasteiger partial charge in [-0.05, 0) is 12.1 Å². The molecule has 0 amide bonds. The lowest BCUT2D eigenvalue weighted by Crippen LogP contribution is -1.72. The summed E-state index contributed by atoms with van der Waals surface area (Å²) in [5.74, 6) is 0.775. The van der Waals surface area contributed by atoms with E-state index in [4.69, 9.17) is 14.9 Å². The highest BCUT2D eigenvalue weighted by Gasteiger charge is 1.86. The van der Waals surface area contributed by atoms with Crippen molar-refractivity contribution in [2.75, 3.05) is 0 Å². The first-order chi connectivity index (χ1) is 4.43. The van der Waals surface area contributed by atoms with Gasteiger partial charge in [0.15, 0.2) is 11.3 Å². The zero-order valence-corrected chi connectivity index (χ0v) is 6.15. The van der Waals surface area contributed by atoms with Crippen LogP contribution in [0.15, 0.2) is 30.3 Å². The smallest absolute Gasteiger partial charge is 0.166 e. The normalized spacial score (nSPS) is 9.00. The molecule has 0 aliphatic heterocycles. The fraction of sp³-hybridized carbons (Fsp3) is 0. The van der Waals surface area contributed by atoms with Gasteiger partial charge < -0.3 is 4.18 Å². The molecule has 1 aromatic rings. The van der Waals surface area contributed by atoms with Gasteiger partial charge >= 0.3 is 0 Å². The van der Waals surface area contributed by atoms with Gasteiger partial charge in [0, 0.05) is 10.7 Å². The molecule has 0 saturated carbocycles. The summed E-state index contributed by atoms with van der Waals surface area (Å²) in [6.07, 6.45) is 0. The Morgan fingerprint density at radius 1 is 1.22 bits per heavy atom. The van der Waals surface area contributed by atoms with Crippen LogP contribution in [0.3, 0.4) is 0 Å². The van der Waals surface area contributed by atoms with Crippen molar-refractivity contribution in [2.24, 2.45) is 0 Å². The third kappa shape index (κ3) is 2.16. The second kappa shape index (κ2) is 3.64. The summed E-state index contributed by atoms with van der Waals surface area (Å²) in [6, 6.07) is 9.39. The topological polar surface area (TPSA) is 9.23 Å². The van der Waals surface area contributed by atoms with Crippen molar-refractivity contribution >= 4 is 21.9 Å². The fourth-order valence-electron chi connectivity index (χ4n) is 0.512. The summed E-state index contributed by atoms with van der Waals surface area (Å²) in [6.45, 7) is 0. The Balaban J connectivity index is 2.61. The molecule has 0 heterocycles. The van der Waals surface area contributed by atoms with E-state index >= 15 is 0 Å². The van der Waals surface area contributed by atoms with Crippen molar-refractivity contribution in [3.05, 3.63) is 30.3 Å². The van der Waals surface area contributed by atoms with Gasteiger partial charge in [-0.1, -0.05) is 18.2 Å². The first-order valence-electron chi connectivity index (χ1n) is 2.44. The van der Waals surface area contributed by atoms with E-state index in [0.29, 0.717) is 0 Å². The lowest BCUT2D eigenvalue weighted by Gasteiger charge is -1.94. The summed E-state index contributed by atoms with van der Waals surface area (Å²) in [7, 11) is 5.23. The molecule has 0 unspecified atom stereocenters. The maximum absolute atomic E-state index is 5.23. The molecule has 1 nitrogen and oxygen atoms in total. The van der Waals surface area contributed by atoms with E-state index in [-0.39, 0.29) is 0 Å². The number of halogens is 1. The second-order valence-electron chi connectivity index (χ2n) is 1.46. The number of hydrogen-bond acceptors (Lipinski definition) is 2. The Labute approximate surface area is 62.7 Å². The molecule has 3 heteroatoms. The summed E-state index contributed by atoms with van der Waals surface area (Å²) >= 11 is 0.827. The Morgan fingerprint density at radius 2 is 1.89 bits per heavy atom. The van der Waals surface area contributed by atoms with Gasteiger partial charge in [0.1, 0.15) is 5.75 Å². The molecule has 0 fully saturated rings. The van der Waals surface area contributed by atoms with Gasteiger partial charge in [-0.25, -0.2) is 0 Å². The van der Waals surface area contributed by atoms with Crippen LogP contribution in [-0.2, 0) is 0 Å². The Hall–Kier alpha value is -0.340. The van der Waals surface area contributed by atoms with Gasteiger partial charge in [-0.3, -0.25) is 0 Å². The zero-order chi connectivity index (χ0) is 6.53. The predicted octanol–water partition coefficient (Wildman–Crippen LogP) is 2.87. The summed E-state index contributed by atoms with van der Waals surface area (Å²) < 4.78 is 4.89. The molecule has 0 radical (unpaired) electrons. The molecule has 0 N–H and O–H groups in total. The molecule has 0 aromatic heterocycles. The van der Waals surface area contributed by atoms with E-state index < -0.39 is 0 Å². The molecule has 9 heavy (non-hydrogen) atoms. The van der Waals surface area contributed by atoms with Crippen molar-refractivity contribution in [1.82, 2.24) is 0 Å². The molecule has 0 bridgehead atoms. The molecule has 0 atom stereocenters. The van der Waals surface area contributed by atoms with Crippen LogP contribution in [0.5, 0.6) is 5.75 Å². The highest BCUT2D eigenvalue weighted by atomic mass is 35.7. The van der Waals surface area contributed by atoms with Crippen molar-refractivity contribution in [1.29, 1.82) is 0 Å². The van der Waals surface area contributed by atoms with Crippen LogP contribution in [0.4, 0.5) is 0 Å². The Bertz CT molecular complexity index is 166. The quantitative estimate of drug-likeness (QED) is 0.616. The van der Waals surface area contributed by atoms with E-state index in [1.807, 2.05) is 30.3 Å². The van der Waals surface area contributed by atoms with Crippen molar-refractivity contribution in [3.8, 4) is 5.75 Å². The van der Waals surface area contributed by atoms with Gasteiger partial charge in [0.25, 0.3) is 0 Å². The van der Waals surface area contributed by atoms with Crippen LogP contribution < -0.4 is 4.18 Å². The summed E-state index contributed by atoms with van der Waals surface area (Å²) in [5, 5.41) is 0. The highest BCUT2D eigenvalue weighted by molar-refractivity contribution is 8.17. The number of para-hydroxylation sites is 1. The van der Waals surface area contributed by atoms with Gasteiger partial charge in [-0.15, -0.1) is 0 Å². The van der Waals surface area contributed by atoms with E-state index in [9.17, 15) is 0 Å². The fourth-order valence-corrected chi connectivity index (χ4v) is 0.914. The molecule has 0 aliphatic carbocycles. The van der Waals surface area contributed by atoms with E-state index in [1.165, 1.54) is 0 Å². The van der Waals surface area contributed by atoms with Crippen molar-refractivity contribution in [3.63, 3.8) is 0 Å². The molecular formula is C6H5ClOS. The van der Waals surface area contributed by atoms with E-state index in [0.717, 1.165) is 17.0 Å². The molecule has 0 spiro atoms. The first-order valence-corrected chi connectivity index (χ1v) is 4.00. The standard InChI is InChI=1S/C6H5ClOS/c7-9-8-6-4-2-1-3-5-6/h1-5H. The van der Waals surface area contributed by atoms with Gasteiger partial charge in [-0.2, -0.15) is 0 Å². The Kier molecular flexibility index (Phi) is 2.74. The second-order valence-corrected chi connectivity index (χ2v) is 2.13. The van der Waals surface area contributed by atoms with Gasteiger partial charge in [0.05, 0.1) is 0 Å². The highest BCUT2D eigenvalue weighted by Crippen LogP contribution is 2.16. The summed E-state index contributed by atoms with van der Waals surface area (Å²) in [5.41, 5.74) is 0. The minimum atomic E-state index is 0.775. The average molecular weight is 161 g/mol. The lowest BCUT2D eigenvalue weighted by atomic mass is 10.3. The number of benzene rings is 1. The van der Waals surface area contributed by atoms with Crippen molar-refractivity contribution < 1.29 is 4.18 Å². The third-order valence-electron chi connectivity index (χ3n) is 0.871. The number of hydrogen-bond donors (Lipinski definition) is 0. The summed E-state index contributed by atoms with van der Waals surface area (Å²) in [4.78, 5) is 0. The van der Waals surface area contributed by atoms with Crippen LogP contribution in [-0.4, -0.2) is 0 Å². The lowest BCUT2D eigenvalue weighted by molar-refractivity contribution is 0.655. The SMILES string of the molecule is ClSOc1ccccc1. The third-order valence-corrected chi connectivity index (χ3v) is 1.32. The molecule has 48 valence electrons. The monoisotopic (exact) mass is 160 g/mol. The average Bonchev–Trinajstić information content (AvgIpc) is 1.91. The predicted molar refractivity (Wildman–Crippen MR) is 40.5 cm³/mol. The number of rotatable bonds is 2. The zero-order valence-electron chi connectivity index (χ0n) is 4.58. The first kappa shape index (κ1) is 6.78. The molecule has 0 saturated heterocycles. The molecule has 1 rings (SSSR count). The largest absolute Gasteiger partial charge is 0.409 e. The minimum Gasteiger partial charge on any atom is -0.409 e. The van der Waals surface area contributed by atoms with Crippen LogP contribution in [0.2, 0.25) is 0 Å². The molecular weight excluding hydrogens is 156 g/mol. The van der Waals surface area contributed by atoms with Crippen LogP contribution in [0.25, 0.3) is 0 Å². The minimum absolute atomic E-state index is 0.775. The maximum Gasteiger partial charge on any atom is 0.166 e. The molecule has 1 aromatic carbocycles. The van der Waals surface area contributed by atoms with Crippen molar-refractivity contribution in [2.45, 2.75) is 0 Å². The van der Waals surface area contributed by atoms with Crippen LogP contribution in [0.1, 0.15) is 0 Å². The van der Waals surface area contributed by atoms with Crippen LogP contribution >= 0.6 is 21.9 Å².